The molecule has 3 aliphatic heterocycles. The summed E-state index contributed by atoms with van der Waals surface area (Å²) in [6, 6.07) is -0.987. The van der Waals surface area contributed by atoms with Crippen LogP contribution in [0.15, 0.2) is 60.8 Å². The van der Waals surface area contributed by atoms with Crippen LogP contribution in [0.2, 0.25) is 0 Å². The summed E-state index contributed by atoms with van der Waals surface area (Å²) in [5, 5.41) is 63.9. The molecule has 2 saturated heterocycles. The average molecular weight is 638 g/mol. The van der Waals surface area contributed by atoms with E-state index in [0.29, 0.717) is 6.42 Å². The highest BCUT2D eigenvalue weighted by Gasteiger charge is 2.46. The van der Waals surface area contributed by atoms with E-state index in [2.05, 4.69) is 0 Å². The van der Waals surface area contributed by atoms with Gasteiger partial charge in [-0.1, -0.05) is 67.7 Å². The Bertz CT molecular complexity index is 1080. The molecule has 0 aliphatic carbocycles. The minimum atomic E-state index is -1.86. The van der Waals surface area contributed by atoms with E-state index in [4.69, 9.17) is 24.7 Å². The summed E-state index contributed by atoms with van der Waals surface area (Å²) < 4.78 is 23.3. The second-order valence-corrected chi connectivity index (χ2v) is 12.3. The van der Waals surface area contributed by atoms with Gasteiger partial charge in [-0.15, -0.1) is 0 Å². The van der Waals surface area contributed by atoms with Crippen molar-refractivity contribution in [2.24, 2.45) is 11.7 Å². The minimum absolute atomic E-state index is 0.0603. The van der Waals surface area contributed by atoms with Gasteiger partial charge >= 0.3 is 5.97 Å². The number of carbonyl (C=O) groups is 1. The van der Waals surface area contributed by atoms with Crippen LogP contribution in [0.1, 0.15) is 59.3 Å². The minimum Gasteiger partial charge on any atom is -0.462 e. The molecule has 3 aliphatic rings. The summed E-state index contributed by atoms with van der Waals surface area (Å²) in [5.41, 5.74) is 6.00. The predicted octanol–water partition coefficient (Wildman–Crippen LogP) is 1.04. The Morgan fingerprint density at radius 2 is 1.58 bits per heavy atom. The van der Waals surface area contributed by atoms with E-state index in [1.165, 1.54) is 12.2 Å². The normalized spacial score (nSPS) is 46.6. The van der Waals surface area contributed by atoms with Crippen LogP contribution >= 0.6 is 0 Å². The number of aliphatic hydroxyl groups excluding tert-OH is 5. The monoisotopic (exact) mass is 637 g/mol. The molecule has 0 aromatic heterocycles. The molecular weight excluding hydrogens is 586 g/mol. The van der Waals surface area contributed by atoms with Crippen molar-refractivity contribution in [3.05, 3.63) is 60.8 Å². The Hall–Kier alpha value is -2.23. The molecule has 2 bridgehead atoms. The van der Waals surface area contributed by atoms with Crippen molar-refractivity contribution in [1.82, 2.24) is 0 Å². The average Bonchev–Trinajstić information content (AvgIpc) is 2.95. The number of carbonyl (C=O) groups excluding carboxylic acids is 1. The molecular formula is C33H51NO11. The van der Waals surface area contributed by atoms with Gasteiger partial charge in [0.05, 0.1) is 55.2 Å². The maximum atomic E-state index is 12.2. The van der Waals surface area contributed by atoms with E-state index in [0.717, 1.165) is 0 Å². The first-order valence-electron chi connectivity index (χ1n) is 15.7. The molecule has 13 atom stereocenters. The largest absolute Gasteiger partial charge is 0.462 e. The van der Waals surface area contributed by atoms with E-state index < -0.39 is 78.8 Å². The first-order valence-corrected chi connectivity index (χ1v) is 15.7. The van der Waals surface area contributed by atoms with Crippen molar-refractivity contribution >= 4 is 5.97 Å². The summed E-state index contributed by atoms with van der Waals surface area (Å²) in [7, 11) is 0. The molecule has 0 amide bonds. The zero-order valence-corrected chi connectivity index (χ0v) is 26.2. The molecule has 0 spiro atoms. The third kappa shape index (κ3) is 11.8. The van der Waals surface area contributed by atoms with Crippen LogP contribution in [0.5, 0.6) is 0 Å². The third-order valence-corrected chi connectivity index (χ3v) is 8.28. The Morgan fingerprint density at radius 3 is 2.31 bits per heavy atom. The highest BCUT2D eigenvalue weighted by Crippen LogP contribution is 2.37. The molecule has 45 heavy (non-hydrogen) atoms. The summed E-state index contributed by atoms with van der Waals surface area (Å²) in [6.07, 6.45) is 8.18. The maximum absolute atomic E-state index is 12.2. The number of nitrogens with two attached hydrogens (primary N) is 1. The van der Waals surface area contributed by atoms with Crippen molar-refractivity contribution < 1.29 is 54.4 Å². The number of fused-ring (bicyclic) bond motifs is 2. The van der Waals surface area contributed by atoms with Crippen molar-refractivity contribution in [2.75, 3.05) is 0 Å². The fourth-order valence-corrected chi connectivity index (χ4v) is 5.55. The lowest BCUT2D eigenvalue weighted by Gasteiger charge is -2.45. The zero-order chi connectivity index (χ0) is 33.1. The molecule has 12 nitrogen and oxygen atoms in total. The molecule has 254 valence electrons. The van der Waals surface area contributed by atoms with Gasteiger partial charge in [0.15, 0.2) is 12.1 Å². The lowest BCUT2D eigenvalue weighted by Crippen LogP contribution is -2.61. The summed E-state index contributed by atoms with van der Waals surface area (Å²) in [4.78, 5) is 12.2. The second-order valence-electron chi connectivity index (χ2n) is 12.3. The molecule has 2 fully saturated rings. The van der Waals surface area contributed by atoms with Gasteiger partial charge in [-0.3, -0.25) is 4.79 Å². The van der Waals surface area contributed by atoms with Crippen LogP contribution in [-0.2, 0) is 23.7 Å². The standard InChI is InChI=1S/C33H51NO11/c1-20-12-9-7-5-4-6-8-10-15-25(44-32-31(40)29(34)30(39)22(3)43-32)17-27-21(2)26(37)19-33(41,45-27)18-24(36)14-11-13-23(35)16-28(38)42-20/h4-11,13,15,20-27,29-32,35-37,39-41H,12,14,16-19,34H2,1-3H3/b5-4+,8-6+,9-7+,13-11+,15-10+/t20-,21-,22-,23+,24+,25+,26+,27+,29+,30-,31-,32?,33+/m0/s1. The smallest absolute Gasteiger partial charge is 0.309 e. The van der Waals surface area contributed by atoms with Gasteiger partial charge in [-0.05, 0) is 20.3 Å². The van der Waals surface area contributed by atoms with Crippen LogP contribution in [0.25, 0.3) is 0 Å². The van der Waals surface area contributed by atoms with E-state index in [9.17, 15) is 35.4 Å². The number of esters is 1. The Balaban J connectivity index is 1.83. The SMILES string of the molecule is C[C@H]1[C@H](O)C[C@@]2(O)C[C@H](O)C/C=C/[C@@H](O)CC(=O)O[C@@H](C)C/C=C/C=C/C=C/C=C/[C@@H](OC3O[C@@H](C)[C@H](O)[C@@H](N)[C@@H]3O)C[C@H]1O2. The van der Waals surface area contributed by atoms with Gasteiger partial charge in [-0.2, -0.15) is 0 Å². The van der Waals surface area contributed by atoms with Gasteiger partial charge in [0.2, 0.25) is 0 Å². The fourth-order valence-electron chi connectivity index (χ4n) is 5.55. The third-order valence-electron chi connectivity index (χ3n) is 8.28. The molecule has 12 heteroatoms. The van der Waals surface area contributed by atoms with E-state index in [-0.39, 0.29) is 38.2 Å². The topological polar surface area (TPSA) is 201 Å². The van der Waals surface area contributed by atoms with Crippen molar-refractivity contribution in [1.29, 1.82) is 0 Å². The first-order chi connectivity index (χ1) is 21.3. The summed E-state index contributed by atoms with van der Waals surface area (Å²) in [5.74, 6) is -2.82. The van der Waals surface area contributed by atoms with Crippen LogP contribution in [-0.4, -0.2) is 110 Å². The number of allylic oxidation sites excluding steroid dienone is 6. The van der Waals surface area contributed by atoms with Gasteiger partial charge in [-0.25, -0.2) is 0 Å². The lowest BCUT2D eigenvalue weighted by molar-refractivity contribution is -0.308. The van der Waals surface area contributed by atoms with Crippen LogP contribution in [0.3, 0.4) is 0 Å². The molecule has 3 heterocycles. The molecule has 8 N–H and O–H groups in total. The van der Waals surface area contributed by atoms with E-state index in [1.807, 2.05) is 18.2 Å². The van der Waals surface area contributed by atoms with Crippen molar-refractivity contribution in [3.63, 3.8) is 0 Å². The first kappa shape index (κ1) is 37.2. The molecule has 3 rings (SSSR count). The van der Waals surface area contributed by atoms with E-state index in [1.54, 1.807) is 51.2 Å². The van der Waals surface area contributed by atoms with Crippen molar-refractivity contribution in [3.8, 4) is 0 Å². The van der Waals surface area contributed by atoms with Crippen LogP contribution in [0.4, 0.5) is 0 Å². The van der Waals surface area contributed by atoms with Gasteiger partial charge in [0.25, 0.3) is 0 Å². The number of rotatable bonds is 2. The number of cyclic esters (lactones) is 1. The molecule has 0 aromatic carbocycles. The molecule has 0 aromatic rings. The number of hydrogen-bond donors (Lipinski definition) is 7. The highest BCUT2D eigenvalue weighted by molar-refractivity contribution is 5.70. The Kier molecular flexibility index (Phi) is 14.6. The zero-order valence-electron chi connectivity index (χ0n) is 26.2. The number of aliphatic hydroxyl groups is 6. The van der Waals surface area contributed by atoms with Gasteiger partial charge in [0, 0.05) is 31.6 Å². The second kappa shape index (κ2) is 17.6. The molecule has 1 unspecified atom stereocenters. The fraction of sp³-hybridized carbons (Fsp3) is 0.667. The highest BCUT2D eigenvalue weighted by atomic mass is 16.7. The van der Waals surface area contributed by atoms with Gasteiger partial charge < -0.3 is 55.3 Å². The van der Waals surface area contributed by atoms with E-state index >= 15 is 0 Å². The van der Waals surface area contributed by atoms with Crippen LogP contribution in [0, 0.1) is 5.92 Å². The predicted molar refractivity (Wildman–Crippen MR) is 165 cm³/mol. The maximum Gasteiger partial charge on any atom is 0.309 e. The Morgan fingerprint density at radius 1 is 0.889 bits per heavy atom. The van der Waals surface area contributed by atoms with Crippen LogP contribution < -0.4 is 5.73 Å². The number of hydrogen-bond acceptors (Lipinski definition) is 12. The summed E-state index contributed by atoms with van der Waals surface area (Å²) >= 11 is 0. The Labute approximate surface area is 265 Å². The molecule has 0 saturated carbocycles. The quantitative estimate of drug-likeness (QED) is 0.168. The summed E-state index contributed by atoms with van der Waals surface area (Å²) in [6.45, 7) is 5.17. The molecule has 0 radical (unpaired) electrons. The van der Waals surface area contributed by atoms with Crippen molar-refractivity contribution in [2.45, 2.75) is 132 Å². The van der Waals surface area contributed by atoms with Gasteiger partial charge in [0.1, 0.15) is 12.2 Å². The lowest BCUT2D eigenvalue weighted by atomic mass is 9.84. The number of ether oxygens (including phenoxy) is 4.